The smallest absolute Gasteiger partial charge is 0.193 e. The van der Waals surface area contributed by atoms with Crippen molar-refractivity contribution in [2.75, 3.05) is 53.9 Å². The molecule has 2 saturated heterocycles. The van der Waals surface area contributed by atoms with E-state index < -0.39 is 0 Å². The fraction of sp³-hybridized carbons (Fsp3) is 0.762. The van der Waals surface area contributed by atoms with E-state index in [-0.39, 0.29) is 29.5 Å². The molecule has 2 fully saturated rings. The van der Waals surface area contributed by atoms with Crippen molar-refractivity contribution >= 4 is 29.9 Å². The van der Waals surface area contributed by atoms with Crippen LogP contribution in [0.5, 0.6) is 0 Å². The van der Waals surface area contributed by atoms with Gasteiger partial charge in [0.1, 0.15) is 0 Å². The first-order valence-corrected chi connectivity index (χ1v) is 10.5. The summed E-state index contributed by atoms with van der Waals surface area (Å²) in [5.41, 5.74) is 1.57. The predicted molar refractivity (Wildman–Crippen MR) is 129 cm³/mol. The van der Waals surface area contributed by atoms with E-state index in [4.69, 9.17) is 0 Å². The van der Waals surface area contributed by atoms with Crippen molar-refractivity contribution in [1.82, 2.24) is 24.6 Å². The zero-order valence-corrected chi connectivity index (χ0v) is 20.5. The Bertz CT molecular complexity index is 614. The van der Waals surface area contributed by atoms with Gasteiger partial charge < -0.3 is 19.7 Å². The van der Waals surface area contributed by atoms with E-state index in [1.54, 1.807) is 0 Å². The number of hydrogen-bond donors (Lipinski definition) is 1. The normalized spacial score (nSPS) is 21.2. The number of aromatic nitrogens is 1. The second-order valence-electron chi connectivity index (χ2n) is 8.44. The number of hydrogen-bond acceptors (Lipinski definition) is 3. The molecule has 28 heavy (non-hydrogen) atoms. The second kappa shape index (κ2) is 10.8. The largest absolute Gasteiger partial charge is 0.354 e. The van der Waals surface area contributed by atoms with E-state index >= 15 is 0 Å². The number of piperidine rings is 2. The first-order chi connectivity index (χ1) is 13.0. The van der Waals surface area contributed by atoms with Crippen LogP contribution in [0, 0.1) is 0 Å². The van der Waals surface area contributed by atoms with Crippen LogP contribution < -0.4 is 5.32 Å². The maximum absolute atomic E-state index is 4.57. The number of rotatable bonds is 5. The van der Waals surface area contributed by atoms with E-state index in [0.29, 0.717) is 0 Å². The zero-order valence-electron chi connectivity index (χ0n) is 18.2. The van der Waals surface area contributed by atoms with Crippen LogP contribution in [-0.4, -0.2) is 84.6 Å². The summed E-state index contributed by atoms with van der Waals surface area (Å²) in [5, 5.41) is 3.73. The van der Waals surface area contributed by atoms with Gasteiger partial charge in [0.15, 0.2) is 5.96 Å². The van der Waals surface area contributed by atoms with Gasteiger partial charge in [-0.25, -0.2) is 0 Å². The number of nitrogens with one attached hydrogen (secondary N) is 1. The van der Waals surface area contributed by atoms with E-state index in [0.717, 1.165) is 19.0 Å². The molecule has 2 aliphatic rings. The first kappa shape index (κ1) is 23.5. The van der Waals surface area contributed by atoms with Gasteiger partial charge in [0, 0.05) is 45.1 Å². The Morgan fingerprint density at radius 2 is 1.82 bits per heavy atom. The van der Waals surface area contributed by atoms with Gasteiger partial charge in [-0.1, -0.05) is 6.42 Å². The third-order valence-electron chi connectivity index (χ3n) is 6.54. The minimum atomic E-state index is 0. The number of aryl methyl sites for hydroxylation is 1. The maximum Gasteiger partial charge on any atom is 0.193 e. The van der Waals surface area contributed by atoms with Gasteiger partial charge >= 0.3 is 0 Å². The lowest BCUT2D eigenvalue weighted by atomic mass is 9.84. The minimum Gasteiger partial charge on any atom is -0.354 e. The second-order valence-corrected chi connectivity index (χ2v) is 8.44. The topological polar surface area (TPSA) is 39.0 Å². The summed E-state index contributed by atoms with van der Waals surface area (Å²) in [5.74, 6) is 0.992. The Hall–Kier alpha value is -0.800. The fourth-order valence-corrected chi connectivity index (χ4v) is 4.61. The summed E-state index contributed by atoms with van der Waals surface area (Å²) in [4.78, 5) is 12.0. The van der Waals surface area contributed by atoms with Gasteiger partial charge in [0.25, 0.3) is 0 Å². The molecule has 0 radical (unpaired) electrons. The van der Waals surface area contributed by atoms with Crippen LogP contribution in [0.2, 0.25) is 0 Å². The van der Waals surface area contributed by atoms with Gasteiger partial charge in [0.05, 0.1) is 6.54 Å². The SMILES string of the molecule is CN=C(NCC1(N2CCCCC2)CCN(C)CC1)N(C)Cc1cccn1C.I. The van der Waals surface area contributed by atoms with E-state index in [2.05, 4.69) is 69.0 Å². The lowest BCUT2D eigenvalue weighted by Gasteiger charge is -2.50. The van der Waals surface area contributed by atoms with E-state index in [9.17, 15) is 0 Å². The third-order valence-corrected chi connectivity index (χ3v) is 6.54. The minimum absolute atomic E-state index is 0. The van der Waals surface area contributed by atoms with Crippen LogP contribution in [0.1, 0.15) is 37.8 Å². The van der Waals surface area contributed by atoms with Crippen molar-refractivity contribution in [3.63, 3.8) is 0 Å². The summed E-state index contributed by atoms with van der Waals surface area (Å²) in [6, 6.07) is 4.28. The number of halogens is 1. The molecule has 0 amide bonds. The Balaban J connectivity index is 0.00000280. The van der Waals surface area contributed by atoms with Crippen molar-refractivity contribution in [3.05, 3.63) is 24.0 Å². The third kappa shape index (κ3) is 5.63. The summed E-state index contributed by atoms with van der Waals surface area (Å²) >= 11 is 0. The Morgan fingerprint density at radius 3 is 2.39 bits per heavy atom. The highest BCUT2D eigenvalue weighted by atomic mass is 127. The predicted octanol–water partition coefficient (Wildman–Crippen LogP) is 2.60. The Labute approximate surface area is 188 Å². The molecule has 0 bridgehead atoms. The van der Waals surface area contributed by atoms with Gasteiger partial charge in [-0.2, -0.15) is 0 Å². The molecule has 2 aliphatic heterocycles. The van der Waals surface area contributed by atoms with E-state index in [1.807, 2.05) is 7.05 Å². The van der Waals surface area contributed by atoms with Crippen molar-refractivity contribution in [2.24, 2.45) is 12.0 Å². The quantitative estimate of drug-likeness (QED) is 0.382. The number of likely N-dealkylation sites (tertiary alicyclic amines) is 2. The molecule has 1 N–H and O–H groups in total. The summed E-state index contributed by atoms with van der Waals surface area (Å²) in [7, 11) is 8.37. The number of nitrogens with zero attached hydrogens (tertiary/aromatic N) is 5. The van der Waals surface area contributed by atoms with Crippen molar-refractivity contribution in [2.45, 2.75) is 44.2 Å². The Kier molecular flexibility index (Phi) is 9.08. The first-order valence-electron chi connectivity index (χ1n) is 10.5. The molecule has 0 saturated carbocycles. The zero-order chi connectivity index (χ0) is 19.3. The molecule has 160 valence electrons. The van der Waals surface area contributed by atoms with Crippen LogP contribution in [0.4, 0.5) is 0 Å². The lowest BCUT2D eigenvalue weighted by molar-refractivity contribution is 0.0170. The summed E-state index contributed by atoms with van der Waals surface area (Å²) in [6.45, 7) is 6.74. The number of guanidine groups is 1. The standard InChI is InChI=1S/C21H38N6.HI/c1-22-20(26(4)17-19-9-8-12-25(19)3)23-18-21(10-15-24(2)16-11-21)27-13-6-5-7-14-27;/h8-9,12H,5-7,10-11,13-18H2,1-4H3,(H,22,23);1H. The number of aliphatic imine (C=N–C) groups is 1. The van der Waals surface area contributed by atoms with Crippen LogP contribution in [-0.2, 0) is 13.6 Å². The van der Waals surface area contributed by atoms with Crippen molar-refractivity contribution in [3.8, 4) is 0 Å². The van der Waals surface area contributed by atoms with Gasteiger partial charge in [-0.05, 0) is 71.0 Å². The van der Waals surface area contributed by atoms with Gasteiger partial charge in [-0.15, -0.1) is 24.0 Å². The van der Waals surface area contributed by atoms with Crippen LogP contribution in [0.15, 0.2) is 23.3 Å². The van der Waals surface area contributed by atoms with Crippen molar-refractivity contribution in [1.29, 1.82) is 0 Å². The molecule has 1 aromatic heterocycles. The highest BCUT2D eigenvalue weighted by Crippen LogP contribution is 2.30. The molecule has 1 aromatic rings. The molecule has 0 spiro atoms. The molecule has 6 nitrogen and oxygen atoms in total. The summed E-state index contributed by atoms with van der Waals surface area (Å²) < 4.78 is 2.18. The molecule has 0 unspecified atom stereocenters. The van der Waals surface area contributed by atoms with Gasteiger partial charge in [0.2, 0.25) is 0 Å². The lowest BCUT2D eigenvalue weighted by Crippen LogP contribution is -2.62. The average Bonchev–Trinajstić information content (AvgIpc) is 3.09. The summed E-state index contributed by atoms with van der Waals surface area (Å²) in [6.07, 6.45) is 8.67. The van der Waals surface area contributed by atoms with Crippen LogP contribution in [0.3, 0.4) is 0 Å². The monoisotopic (exact) mass is 502 g/mol. The van der Waals surface area contributed by atoms with Crippen LogP contribution in [0.25, 0.3) is 0 Å². The maximum atomic E-state index is 4.57. The molecular formula is C21H39IN6. The molecule has 3 heterocycles. The van der Waals surface area contributed by atoms with Gasteiger partial charge in [-0.3, -0.25) is 9.89 Å². The molecule has 0 atom stereocenters. The van der Waals surface area contributed by atoms with Crippen LogP contribution >= 0.6 is 24.0 Å². The fourth-order valence-electron chi connectivity index (χ4n) is 4.61. The molecule has 0 aliphatic carbocycles. The molecular weight excluding hydrogens is 463 g/mol. The molecule has 7 heteroatoms. The molecule has 0 aromatic carbocycles. The Morgan fingerprint density at radius 1 is 1.14 bits per heavy atom. The van der Waals surface area contributed by atoms with Crippen molar-refractivity contribution < 1.29 is 0 Å². The average molecular weight is 502 g/mol. The molecule has 3 rings (SSSR count). The highest BCUT2D eigenvalue weighted by Gasteiger charge is 2.39. The highest BCUT2D eigenvalue weighted by molar-refractivity contribution is 14.0. The van der Waals surface area contributed by atoms with E-state index in [1.165, 1.54) is 64.0 Å².